The van der Waals surface area contributed by atoms with Crippen molar-refractivity contribution in [2.24, 2.45) is 0 Å². The fraction of sp³-hybridized carbons (Fsp3) is 0.684. The van der Waals surface area contributed by atoms with Gasteiger partial charge in [-0.25, -0.2) is 0 Å². The molecule has 4 rings (SSSR count). The molecule has 128 valence electrons. The summed E-state index contributed by atoms with van der Waals surface area (Å²) in [7, 11) is 0. The molecule has 1 unspecified atom stereocenters. The van der Waals surface area contributed by atoms with Crippen LogP contribution in [0.2, 0.25) is 0 Å². The number of nitrogens with zero attached hydrogens (tertiary/aromatic N) is 1. The summed E-state index contributed by atoms with van der Waals surface area (Å²) in [5.74, 6) is -0.242. The van der Waals surface area contributed by atoms with Crippen molar-refractivity contribution in [3.63, 3.8) is 0 Å². The third kappa shape index (κ3) is 3.81. The van der Waals surface area contributed by atoms with Crippen LogP contribution in [0.5, 0.6) is 0 Å². The van der Waals surface area contributed by atoms with Crippen LogP contribution in [0.15, 0.2) is 22.7 Å². The van der Waals surface area contributed by atoms with Gasteiger partial charge in [-0.2, -0.15) is 0 Å². The Bertz CT molecular complexity index is 518. The van der Waals surface area contributed by atoms with Crippen molar-refractivity contribution in [1.29, 1.82) is 0 Å². The van der Waals surface area contributed by atoms with Gasteiger partial charge in [0.15, 0.2) is 5.79 Å². The van der Waals surface area contributed by atoms with Crippen molar-refractivity contribution in [3.05, 3.63) is 33.8 Å². The van der Waals surface area contributed by atoms with E-state index in [4.69, 9.17) is 9.47 Å². The van der Waals surface area contributed by atoms with E-state index in [-0.39, 0.29) is 5.79 Å². The van der Waals surface area contributed by atoms with Crippen LogP contribution in [0.25, 0.3) is 0 Å². The smallest absolute Gasteiger partial charge is 0.170 e. The lowest BCUT2D eigenvalue weighted by Gasteiger charge is -2.42. The Morgan fingerprint density at radius 1 is 1.09 bits per heavy atom. The minimum Gasteiger partial charge on any atom is -0.347 e. The molecule has 0 amide bonds. The van der Waals surface area contributed by atoms with Crippen LogP contribution in [0.3, 0.4) is 0 Å². The number of halogens is 1. The highest BCUT2D eigenvalue weighted by atomic mass is 79.9. The van der Waals surface area contributed by atoms with Gasteiger partial charge in [0.2, 0.25) is 0 Å². The summed E-state index contributed by atoms with van der Waals surface area (Å²) in [5.41, 5.74) is 3.06. The minimum atomic E-state index is -0.242. The Morgan fingerprint density at radius 2 is 1.78 bits per heavy atom. The van der Waals surface area contributed by atoms with Gasteiger partial charge in [0, 0.05) is 36.4 Å². The number of likely N-dealkylation sites (tertiary alicyclic amines) is 1. The standard InChI is InChI=1S/C17H22BrNO2.C2H6/c18-15-3-1-14-12-16(4-2-13(14)11-15)19-7-5-17(6-8-19)20-9-10-21-17;1-2/h1,3,11,16H,2,4-10,12H2;1-2H3. The van der Waals surface area contributed by atoms with Crippen molar-refractivity contribution in [1.82, 2.24) is 4.90 Å². The van der Waals surface area contributed by atoms with Gasteiger partial charge in [-0.1, -0.05) is 35.8 Å². The van der Waals surface area contributed by atoms with Gasteiger partial charge in [0.25, 0.3) is 0 Å². The van der Waals surface area contributed by atoms with Gasteiger partial charge < -0.3 is 9.47 Å². The van der Waals surface area contributed by atoms with Crippen LogP contribution in [0.4, 0.5) is 0 Å². The fourth-order valence-electron chi connectivity index (χ4n) is 4.03. The average molecular weight is 382 g/mol. The van der Waals surface area contributed by atoms with E-state index < -0.39 is 0 Å². The molecule has 0 aromatic heterocycles. The zero-order chi connectivity index (χ0) is 16.3. The fourth-order valence-corrected chi connectivity index (χ4v) is 4.44. The quantitative estimate of drug-likeness (QED) is 0.728. The van der Waals surface area contributed by atoms with Gasteiger partial charge in [0.1, 0.15) is 0 Å². The second-order valence-corrected chi connectivity index (χ2v) is 7.37. The summed E-state index contributed by atoms with van der Waals surface area (Å²) in [5, 5.41) is 0. The lowest BCUT2D eigenvalue weighted by molar-refractivity contribution is -0.188. The molecule has 3 aliphatic rings. The van der Waals surface area contributed by atoms with E-state index in [1.165, 1.54) is 34.9 Å². The molecule has 1 aromatic rings. The van der Waals surface area contributed by atoms with E-state index in [9.17, 15) is 0 Å². The van der Waals surface area contributed by atoms with Crippen LogP contribution < -0.4 is 0 Å². The minimum absolute atomic E-state index is 0.242. The summed E-state index contributed by atoms with van der Waals surface area (Å²) in [4.78, 5) is 2.65. The molecule has 3 nitrogen and oxygen atoms in total. The van der Waals surface area contributed by atoms with E-state index in [1.54, 1.807) is 0 Å². The predicted octanol–water partition coefficient (Wildman–Crippen LogP) is 4.17. The molecular weight excluding hydrogens is 354 g/mol. The van der Waals surface area contributed by atoms with Gasteiger partial charge >= 0.3 is 0 Å². The first kappa shape index (κ1) is 17.4. The van der Waals surface area contributed by atoms with Gasteiger partial charge in [-0.3, -0.25) is 4.90 Å². The molecule has 1 atom stereocenters. The Kier molecular flexibility index (Phi) is 5.78. The molecule has 1 aliphatic carbocycles. The maximum Gasteiger partial charge on any atom is 0.170 e. The Hall–Kier alpha value is -0.420. The molecule has 4 heteroatoms. The molecule has 2 heterocycles. The van der Waals surface area contributed by atoms with Gasteiger partial charge in [0.05, 0.1) is 13.2 Å². The van der Waals surface area contributed by atoms with Crippen LogP contribution in [-0.4, -0.2) is 43.0 Å². The van der Waals surface area contributed by atoms with E-state index in [0.717, 1.165) is 39.1 Å². The summed E-state index contributed by atoms with van der Waals surface area (Å²) >= 11 is 3.58. The molecule has 2 fully saturated rings. The summed E-state index contributed by atoms with van der Waals surface area (Å²) in [6.45, 7) is 7.75. The summed E-state index contributed by atoms with van der Waals surface area (Å²) < 4.78 is 12.9. The Balaban J connectivity index is 0.000000753. The third-order valence-corrected chi connectivity index (χ3v) is 5.75. The summed E-state index contributed by atoms with van der Waals surface area (Å²) in [6.07, 6.45) is 5.72. The predicted molar refractivity (Wildman–Crippen MR) is 96.7 cm³/mol. The highest BCUT2D eigenvalue weighted by Gasteiger charge is 2.41. The number of piperidine rings is 1. The van der Waals surface area contributed by atoms with Crippen molar-refractivity contribution in [2.75, 3.05) is 26.3 Å². The lowest BCUT2D eigenvalue weighted by atomic mass is 9.86. The number of hydrogen-bond donors (Lipinski definition) is 0. The van der Waals surface area contributed by atoms with Crippen LogP contribution in [0, 0.1) is 0 Å². The zero-order valence-corrected chi connectivity index (χ0v) is 15.9. The Morgan fingerprint density at radius 3 is 2.48 bits per heavy atom. The topological polar surface area (TPSA) is 21.7 Å². The first-order chi connectivity index (χ1) is 11.2. The van der Waals surface area contributed by atoms with Crippen molar-refractivity contribution >= 4 is 15.9 Å². The van der Waals surface area contributed by atoms with Crippen LogP contribution in [-0.2, 0) is 22.3 Å². The highest BCUT2D eigenvalue weighted by Crippen LogP contribution is 2.34. The van der Waals surface area contributed by atoms with Crippen molar-refractivity contribution in [3.8, 4) is 0 Å². The number of hydrogen-bond acceptors (Lipinski definition) is 3. The first-order valence-electron chi connectivity index (χ1n) is 9.03. The van der Waals surface area contributed by atoms with Crippen molar-refractivity contribution in [2.45, 2.75) is 57.8 Å². The van der Waals surface area contributed by atoms with E-state index in [0.29, 0.717) is 6.04 Å². The molecule has 0 bridgehead atoms. The number of rotatable bonds is 1. The molecule has 1 spiro atoms. The molecular formula is C19H28BrNO2. The van der Waals surface area contributed by atoms with E-state index in [1.807, 2.05) is 13.8 Å². The number of benzene rings is 1. The van der Waals surface area contributed by atoms with Gasteiger partial charge in [-0.15, -0.1) is 0 Å². The lowest BCUT2D eigenvalue weighted by Crippen LogP contribution is -2.50. The number of ether oxygens (including phenoxy) is 2. The van der Waals surface area contributed by atoms with Crippen molar-refractivity contribution < 1.29 is 9.47 Å². The highest BCUT2D eigenvalue weighted by molar-refractivity contribution is 9.10. The molecule has 0 N–H and O–H groups in total. The molecule has 2 aliphatic heterocycles. The largest absolute Gasteiger partial charge is 0.347 e. The van der Waals surface area contributed by atoms with E-state index in [2.05, 4.69) is 39.0 Å². The maximum absolute atomic E-state index is 5.83. The van der Waals surface area contributed by atoms with Gasteiger partial charge in [-0.05, 0) is 42.5 Å². The van der Waals surface area contributed by atoms with E-state index >= 15 is 0 Å². The Labute approximate surface area is 148 Å². The average Bonchev–Trinajstić information content (AvgIpc) is 3.05. The van der Waals surface area contributed by atoms with Crippen LogP contribution in [0.1, 0.15) is 44.2 Å². The SMILES string of the molecule is Brc1ccc2c(c1)CCC(N1CCC3(CC1)OCCO3)C2.CC. The number of aryl methyl sites for hydroxylation is 1. The second-order valence-electron chi connectivity index (χ2n) is 6.45. The van der Waals surface area contributed by atoms with Crippen LogP contribution >= 0.6 is 15.9 Å². The molecule has 23 heavy (non-hydrogen) atoms. The normalized spacial score (nSPS) is 26.5. The molecule has 1 aromatic carbocycles. The monoisotopic (exact) mass is 381 g/mol. The second kappa shape index (κ2) is 7.64. The molecule has 0 radical (unpaired) electrons. The zero-order valence-electron chi connectivity index (χ0n) is 14.3. The molecule has 0 saturated carbocycles. The summed E-state index contributed by atoms with van der Waals surface area (Å²) in [6, 6.07) is 7.45. The maximum atomic E-state index is 5.83. The molecule has 2 saturated heterocycles. The number of fused-ring (bicyclic) bond motifs is 1. The first-order valence-corrected chi connectivity index (χ1v) is 9.83. The third-order valence-electron chi connectivity index (χ3n) is 5.26.